The highest BCUT2D eigenvalue weighted by Crippen LogP contribution is 2.18. The molecule has 130 valence electrons. The molecule has 0 bridgehead atoms. The van der Waals surface area contributed by atoms with Gasteiger partial charge in [0.25, 0.3) is 5.56 Å². The van der Waals surface area contributed by atoms with Gasteiger partial charge in [-0.25, -0.2) is 9.36 Å². The summed E-state index contributed by atoms with van der Waals surface area (Å²) in [6.07, 6.45) is 1.21. The van der Waals surface area contributed by atoms with Gasteiger partial charge in [0.15, 0.2) is 0 Å². The summed E-state index contributed by atoms with van der Waals surface area (Å²) in [5, 5.41) is 13.7. The van der Waals surface area contributed by atoms with Crippen LogP contribution in [-0.2, 0) is 17.9 Å². The lowest BCUT2D eigenvalue weighted by atomic mass is 10.1. The molecular weight excluding hydrogens is 332 g/mol. The molecule has 7 heteroatoms. The van der Waals surface area contributed by atoms with Gasteiger partial charge in [-0.2, -0.15) is 5.26 Å². The van der Waals surface area contributed by atoms with Gasteiger partial charge in [0.05, 0.1) is 0 Å². The van der Waals surface area contributed by atoms with E-state index in [9.17, 15) is 14.4 Å². The number of benzene rings is 2. The molecule has 1 N–H and O–H groups in total. The zero-order valence-electron chi connectivity index (χ0n) is 14.1. The Morgan fingerprint density at radius 2 is 1.88 bits per heavy atom. The molecule has 0 saturated carbocycles. The van der Waals surface area contributed by atoms with Crippen molar-refractivity contribution in [1.82, 2.24) is 9.13 Å². The maximum absolute atomic E-state index is 12.3. The Kier molecular flexibility index (Phi) is 4.67. The first kappa shape index (κ1) is 17.2. The number of aryl methyl sites for hydroxylation is 1. The van der Waals surface area contributed by atoms with Crippen LogP contribution >= 0.6 is 0 Å². The number of nitriles is 1. The largest absolute Gasteiger partial charge is 0.331 e. The minimum atomic E-state index is -0.768. The van der Waals surface area contributed by atoms with Gasteiger partial charge in [0.2, 0.25) is 5.91 Å². The third kappa shape index (κ3) is 3.26. The number of carbonyl (C=O) groups is 1. The molecule has 0 saturated heterocycles. The quantitative estimate of drug-likeness (QED) is 0.776. The smallest absolute Gasteiger partial charge is 0.325 e. The zero-order valence-corrected chi connectivity index (χ0v) is 14.1. The molecule has 0 unspecified atom stereocenters. The van der Waals surface area contributed by atoms with Gasteiger partial charge < -0.3 is 5.32 Å². The average Bonchev–Trinajstić information content (AvgIpc) is 2.65. The van der Waals surface area contributed by atoms with Crippen LogP contribution in [0.2, 0.25) is 0 Å². The van der Waals surface area contributed by atoms with Crippen molar-refractivity contribution in [2.45, 2.75) is 20.0 Å². The van der Waals surface area contributed by atoms with E-state index in [0.29, 0.717) is 12.2 Å². The van der Waals surface area contributed by atoms with Crippen LogP contribution in [0.25, 0.3) is 10.8 Å². The SMILES string of the molecule is CCn1cc(C#N)c(=O)n(CC(=O)Nc2ccc3ccccc3c2)c1=O. The van der Waals surface area contributed by atoms with Gasteiger partial charge in [-0.15, -0.1) is 0 Å². The molecule has 26 heavy (non-hydrogen) atoms. The van der Waals surface area contributed by atoms with Crippen LogP contribution < -0.4 is 16.6 Å². The number of nitrogens with one attached hydrogen (secondary N) is 1. The lowest BCUT2D eigenvalue weighted by Gasteiger charge is -2.10. The minimum absolute atomic E-state index is 0.176. The molecule has 0 spiro atoms. The van der Waals surface area contributed by atoms with Crippen molar-refractivity contribution in [3.63, 3.8) is 0 Å². The Hall–Kier alpha value is -3.66. The van der Waals surface area contributed by atoms with Crippen molar-refractivity contribution in [2.75, 3.05) is 5.32 Å². The number of rotatable bonds is 4. The van der Waals surface area contributed by atoms with Crippen molar-refractivity contribution in [2.24, 2.45) is 0 Å². The summed E-state index contributed by atoms with van der Waals surface area (Å²) in [5.74, 6) is -0.516. The molecule has 0 fully saturated rings. The predicted molar refractivity (Wildman–Crippen MR) is 97.9 cm³/mol. The first-order chi connectivity index (χ1) is 12.5. The Bertz CT molecular complexity index is 1150. The summed E-state index contributed by atoms with van der Waals surface area (Å²) in [4.78, 5) is 36.8. The van der Waals surface area contributed by atoms with E-state index in [1.54, 1.807) is 19.1 Å². The van der Waals surface area contributed by atoms with E-state index >= 15 is 0 Å². The summed E-state index contributed by atoms with van der Waals surface area (Å²) in [6.45, 7) is 1.55. The minimum Gasteiger partial charge on any atom is -0.325 e. The van der Waals surface area contributed by atoms with E-state index in [-0.39, 0.29) is 5.56 Å². The lowest BCUT2D eigenvalue weighted by Crippen LogP contribution is -2.43. The first-order valence-corrected chi connectivity index (χ1v) is 8.06. The second-order valence-electron chi connectivity index (χ2n) is 5.72. The maximum Gasteiger partial charge on any atom is 0.331 e. The molecule has 1 heterocycles. The fourth-order valence-electron chi connectivity index (χ4n) is 2.71. The summed E-state index contributed by atoms with van der Waals surface area (Å²) < 4.78 is 2.00. The molecule has 3 rings (SSSR count). The van der Waals surface area contributed by atoms with Crippen molar-refractivity contribution in [1.29, 1.82) is 5.26 Å². The summed E-state index contributed by atoms with van der Waals surface area (Å²) >= 11 is 0. The van der Waals surface area contributed by atoms with Gasteiger partial charge in [-0.3, -0.25) is 14.2 Å². The number of hydrogen-bond donors (Lipinski definition) is 1. The highest BCUT2D eigenvalue weighted by molar-refractivity contribution is 5.94. The summed E-state index contributed by atoms with van der Waals surface area (Å²) in [6, 6.07) is 14.9. The van der Waals surface area contributed by atoms with E-state index in [0.717, 1.165) is 15.3 Å². The van der Waals surface area contributed by atoms with Crippen LogP contribution in [0.1, 0.15) is 12.5 Å². The van der Waals surface area contributed by atoms with Crippen LogP contribution in [-0.4, -0.2) is 15.0 Å². The standard InChI is InChI=1S/C19H16N4O3/c1-2-22-11-15(10-20)18(25)23(19(22)26)12-17(24)21-16-8-7-13-5-3-4-6-14(13)9-16/h3-9,11H,2,12H2,1H3,(H,21,24). The van der Waals surface area contributed by atoms with Crippen LogP contribution in [0.4, 0.5) is 5.69 Å². The lowest BCUT2D eigenvalue weighted by molar-refractivity contribution is -0.116. The zero-order chi connectivity index (χ0) is 18.7. The number of amides is 1. The molecule has 0 aliphatic heterocycles. The second kappa shape index (κ2) is 7.07. The van der Waals surface area contributed by atoms with E-state index in [1.165, 1.54) is 10.8 Å². The molecule has 0 atom stereocenters. The number of anilines is 1. The number of carbonyl (C=O) groups excluding carboxylic acids is 1. The predicted octanol–water partition coefficient (Wildman–Crippen LogP) is 1.69. The number of aromatic nitrogens is 2. The molecule has 7 nitrogen and oxygen atoms in total. The number of nitrogens with zero attached hydrogens (tertiary/aromatic N) is 3. The van der Waals surface area contributed by atoms with E-state index < -0.39 is 23.7 Å². The van der Waals surface area contributed by atoms with Gasteiger partial charge in [-0.05, 0) is 29.8 Å². The van der Waals surface area contributed by atoms with Crippen molar-refractivity contribution in [3.05, 3.63) is 75.1 Å². The number of hydrogen-bond acceptors (Lipinski definition) is 4. The van der Waals surface area contributed by atoms with Gasteiger partial charge in [0, 0.05) is 18.4 Å². The van der Waals surface area contributed by atoms with Crippen LogP contribution in [0.5, 0.6) is 0 Å². The third-order valence-corrected chi connectivity index (χ3v) is 4.03. The van der Waals surface area contributed by atoms with E-state index in [4.69, 9.17) is 5.26 Å². The average molecular weight is 348 g/mol. The van der Waals surface area contributed by atoms with Gasteiger partial charge >= 0.3 is 5.69 Å². The Balaban J connectivity index is 1.89. The molecule has 2 aromatic carbocycles. The Labute approximate surface area is 148 Å². The molecule has 1 aromatic heterocycles. The monoisotopic (exact) mass is 348 g/mol. The van der Waals surface area contributed by atoms with Gasteiger partial charge in [-0.1, -0.05) is 30.3 Å². The molecule has 0 aliphatic carbocycles. The first-order valence-electron chi connectivity index (χ1n) is 8.06. The molecule has 0 radical (unpaired) electrons. The molecule has 0 aliphatic rings. The van der Waals surface area contributed by atoms with E-state index in [1.807, 2.05) is 36.4 Å². The second-order valence-corrected chi connectivity index (χ2v) is 5.72. The summed E-state index contributed by atoms with van der Waals surface area (Å²) in [5.41, 5.74) is -1.00. The fourth-order valence-corrected chi connectivity index (χ4v) is 2.71. The number of fused-ring (bicyclic) bond motifs is 1. The highest BCUT2D eigenvalue weighted by atomic mass is 16.2. The Morgan fingerprint density at radius 1 is 1.15 bits per heavy atom. The summed E-state index contributed by atoms with van der Waals surface area (Å²) in [7, 11) is 0. The third-order valence-electron chi connectivity index (χ3n) is 4.03. The van der Waals surface area contributed by atoms with Crippen LogP contribution in [0, 0.1) is 11.3 Å². The maximum atomic E-state index is 12.3. The highest BCUT2D eigenvalue weighted by Gasteiger charge is 2.14. The van der Waals surface area contributed by atoms with Crippen molar-refractivity contribution in [3.8, 4) is 6.07 Å². The van der Waals surface area contributed by atoms with Crippen LogP contribution in [0.3, 0.4) is 0 Å². The normalized spacial score (nSPS) is 10.5. The fraction of sp³-hybridized carbons (Fsp3) is 0.158. The molecule has 1 amide bonds. The van der Waals surface area contributed by atoms with Crippen molar-refractivity contribution >= 4 is 22.4 Å². The van der Waals surface area contributed by atoms with Gasteiger partial charge in [0.1, 0.15) is 18.2 Å². The van der Waals surface area contributed by atoms with Crippen LogP contribution in [0.15, 0.2) is 58.3 Å². The Morgan fingerprint density at radius 3 is 2.58 bits per heavy atom. The molecule has 3 aromatic rings. The topological polar surface area (TPSA) is 96.9 Å². The molecular formula is C19H16N4O3. The van der Waals surface area contributed by atoms with E-state index in [2.05, 4.69) is 5.32 Å². The van der Waals surface area contributed by atoms with Crippen molar-refractivity contribution < 1.29 is 4.79 Å².